The van der Waals surface area contributed by atoms with Crippen LogP contribution in [0.15, 0.2) is 18.2 Å². The van der Waals surface area contributed by atoms with E-state index in [9.17, 15) is 20.0 Å². The summed E-state index contributed by atoms with van der Waals surface area (Å²) >= 11 is 5.89. The lowest BCUT2D eigenvalue weighted by Gasteiger charge is -2.26. The Bertz CT molecular complexity index is 537. The molecule has 1 atom stereocenters. The monoisotopic (exact) mass is 316 g/mol. The first-order valence-electron chi connectivity index (χ1n) is 6.35. The molecule has 0 saturated heterocycles. The van der Waals surface area contributed by atoms with Crippen LogP contribution in [0.2, 0.25) is 5.02 Å². The largest absolute Gasteiger partial charge is 0.489 e. The summed E-state index contributed by atoms with van der Waals surface area (Å²) in [5.41, 5.74) is -1.42. The molecule has 1 aromatic rings. The van der Waals surface area contributed by atoms with E-state index in [1.54, 1.807) is 0 Å². The lowest BCUT2D eigenvalue weighted by molar-refractivity contribution is -0.384. The number of carboxylic acid groups (broad SMARTS) is 1. The number of halogens is 1. The predicted octanol–water partition coefficient (Wildman–Crippen LogP) is 2.47. The predicted molar refractivity (Wildman–Crippen MR) is 77.9 cm³/mol. The number of nitro groups is 1. The van der Waals surface area contributed by atoms with Crippen LogP contribution in [0.25, 0.3) is 0 Å². The fourth-order valence-corrected chi connectivity index (χ4v) is 1.76. The fourth-order valence-electron chi connectivity index (χ4n) is 1.53. The number of ether oxygens (including phenoxy) is 1. The third kappa shape index (κ3) is 4.57. The summed E-state index contributed by atoms with van der Waals surface area (Å²) in [6.07, 6.45) is 0.779. The molecule has 0 aliphatic rings. The standard InChI is InChI=1S/C13H17ClN2O5/c1-3-6-15-13(2,12(17)18)8-21-11-5-4-9(16(19)20)7-10(11)14/h4-5,7,15H,3,6,8H2,1-2H3,(H,17,18). The van der Waals surface area contributed by atoms with E-state index in [-0.39, 0.29) is 23.1 Å². The Hall–Kier alpha value is -1.86. The highest BCUT2D eigenvalue weighted by Crippen LogP contribution is 2.29. The average Bonchev–Trinajstić information content (AvgIpc) is 2.43. The summed E-state index contributed by atoms with van der Waals surface area (Å²) in [6, 6.07) is 3.76. The average molecular weight is 317 g/mol. The van der Waals surface area contributed by atoms with Gasteiger partial charge in [0.05, 0.1) is 9.95 Å². The molecule has 1 unspecified atom stereocenters. The van der Waals surface area contributed by atoms with Gasteiger partial charge in [-0.15, -0.1) is 0 Å². The van der Waals surface area contributed by atoms with Gasteiger partial charge in [0.1, 0.15) is 17.9 Å². The number of hydrogen-bond donors (Lipinski definition) is 2. The van der Waals surface area contributed by atoms with Crippen molar-refractivity contribution in [3.05, 3.63) is 33.3 Å². The van der Waals surface area contributed by atoms with Crippen LogP contribution in [-0.4, -0.2) is 34.7 Å². The van der Waals surface area contributed by atoms with Crippen molar-refractivity contribution in [2.24, 2.45) is 0 Å². The van der Waals surface area contributed by atoms with Crippen molar-refractivity contribution in [1.82, 2.24) is 5.32 Å². The number of rotatable bonds is 8. The number of nitrogens with one attached hydrogen (secondary N) is 1. The zero-order valence-electron chi connectivity index (χ0n) is 11.8. The van der Waals surface area contributed by atoms with Crippen LogP contribution < -0.4 is 10.1 Å². The lowest BCUT2D eigenvalue weighted by Crippen LogP contribution is -2.54. The Labute approximate surface area is 127 Å². The molecule has 0 heterocycles. The number of hydrogen-bond acceptors (Lipinski definition) is 5. The zero-order chi connectivity index (χ0) is 16.0. The molecule has 0 aliphatic heterocycles. The highest BCUT2D eigenvalue weighted by Gasteiger charge is 2.33. The molecule has 7 nitrogen and oxygen atoms in total. The van der Waals surface area contributed by atoms with E-state index < -0.39 is 16.4 Å². The Morgan fingerprint density at radius 3 is 2.71 bits per heavy atom. The van der Waals surface area contributed by atoms with Gasteiger partial charge in [0.15, 0.2) is 0 Å². The lowest BCUT2D eigenvalue weighted by atomic mass is 10.0. The van der Waals surface area contributed by atoms with E-state index in [4.69, 9.17) is 16.3 Å². The highest BCUT2D eigenvalue weighted by molar-refractivity contribution is 6.32. The quantitative estimate of drug-likeness (QED) is 0.564. The number of non-ortho nitro benzene ring substituents is 1. The molecule has 2 N–H and O–H groups in total. The van der Waals surface area contributed by atoms with E-state index in [1.807, 2.05) is 6.92 Å². The van der Waals surface area contributed by atoms with Crippen molar-refractivity contribution in [2.45, 2.75) is 25.8 Å². The minimum atomic E-state index is -1.26. The second-order valence-corrected chi connectivity index (χ2v) is 5.13. The van der Waals surface area contributed by atoms with Gasteiger partial charge in [0, 0.05) is 12.1 Å². The van der Waals surface area contributed by atoms with Gasteiger partial charge in [-0.05, 0) is 26.0 Å². The second-order valence-electron chi connectivity index (χ2n) is 4.72. The summed E-state index contributed by atoms with van der Waals surface area (Å²) in [6.45, 7) is 3.80. The molecule has 0 amide bonds. The van der Waals surface area contributed by atoms with Crippen molar-refractivity contribution in [3.8, 4) is 5.75 Å². The first-order valence-corrected chi connectivity index (χ1v) is 6.73. The molecular formula is C13H17ClN2O5. The maximum Gasteiger partial charge on any atom is 0.327 e. The number of carbonyl (C=O) groups is 1. The van der Waals surface area contributed by atoms with Gasteiger partial charge in [-0.25, -0.2) is 0 Å². The smallest absolute Gasteiger partial charge is 0.327 e. The minimum absolute atomic E-state index is 0.0624. The molecule has 0 bridgehead atoms. The van der Waals surface area contributed by atoms with Crippen molar-refractivity contribution < 1.29 is 19.6 Å². The van der Waals surface area contributed by atoms with E-state index >= 15 is 0 Å². The van der Waals surface area contributed by atoms with Crippen LogP contribution in [0.4, 0.5) is 5.69 Å². The van der Waals surface area contributed by atoms with Gasteiger partial charge in [0.25, 0.3) is 5.69 Å². The van der Waals surface area contributed by atoms with Crippen LogP contribution in [0.5, 0.6) is 5.75 Å². The van der Waals surface area contributed by atoms with Crippen molar-refractivity contribution in [1.29, 1.82) is 0 Å². The van der Waals surface area contributed by atoms with Crippen LogP contribution in [0, 0.1) is 10.1 Å². The van der Waals surface area contributed by atoms with Crippen LogP contribution >= 0.6 is 11.6 Å². The van der Waals surface area contributed by atoms with Gasteiger partial charge < -0.3 is 9.84 Å². The Kier molecular flexibility index (Phi) is 5.92. The van der Waals surface area contributed by atoms with E-state index in [0.29, 0.717) is 6.54 Å². The van der Waals surface area contributed by atoms with Crippen LogP contribution in [-0.2, 0) is 4.79 Å². The number of nitrogens with zero attached hydrogens (tertiary/aromatic N) is 1. The Morgan fingerprint density at radius 2 is 2.24 bits per heavy atom. The van der Waals surface area contributed by atoms with E-state index in [1.165, 1.54) is 19.1 Å². The fraction of sp³-hybridized carbons (Fsp3) is 0.462. The molecular weight excluding hydrogens is 300 g/mol. The van der Waals surface area contributed by atoms with Crippen LogP contribution in [0.1, 0.15) is 20.3 Å². The summed E-state index contributed by atoms with van der Waals surface area (Å²) < 4.78 is 5.40. The SMILES string of the molecule is CCCNC(C)(COc1ccc([N+](=O)[O-])cc1Cl)C(=O)O. The topological polar surface area (TPSA) is 102 Å². The first-order chi connectivity index (χ1) is 9.80. The van der Waals surface area contributed by atoms with Gasteiger partial charge >= 0.3 is 5.97 Å². The molecule has 116 valence electrons. The number of nitro benzene ring substituents is 1. The number of benzene rings is 1. The third-order valence-electron chi connectivity index (χ3n) is 2.88. The molecule has 0 radical (unpaired) electrons. The maximum atomic E-state index is 11.3. The van der Waals surface area contributed by atoms with E-state index in [2.05, 4.69) is 5.32 Å². The Balaban J connectivity index is 2.81. The number of aliphatic carboxylic acids is 1. The summed E-state index contributed by atoms with van der Waals surface area (Å²) in [5, 5.41) is 22.8. The molecule has 21 heavy (non-hydrogen) atoms. The zero-order valence-corrected chi connectivity index (χ0v) is 12.5. The maximum absolute atomic E-state index is 11.3. The molecule has 0 aromatic heterocycles. The molecule has 0 spiro atoms. The highest BCUT2D eigenvalue weighted by atomic mass is 35.5. The van der Waals surface area contributed by atoms with Crippen molar-refractivity contribution in [2.75, 3.05) is 13.2 Å². The second kappa shape index (κ2) is 7.24. The molecule has 0 aliphatic carbocycles. The van der Waals surface area contributed by atoms with Crippen LogP contribution in [0.3, 0.4) is 0 Å². The summed E-state index contributed by atoms with van der Waals surface area (Å²) in [4.78, 5) is 21.3. The van der Waals surface area contributed by atoms with Crippen molar-refractivity contribution >= 4 is 23.3 Å². The first kappa shape index (κ1) is 17.2. The summed E-state index contributed by atoms with van der Waals surface area (Å²) in [7, 11) is 0. The molecule has 8 heteroatoms. The minimum Gasteiger partial charge on any atom is -0.489 e. The molecule has 0 fully saturated rings. The van der Waals surface area contributed by atoms with Gasteiger partial charge in [-0.1, -0.05) is 18.5 Å². The molecule has 1 rings (SSSR count). The van der Waals surface area contributed by atoms with Gasteiger partial charge in [-0.3, -0.25) is 20.2 Å². The third-order valence-corrected chi connectivity index (χ3v) is 3.18. The summed E-state index contributed by atoms with van der Waals surface area (Å²) in [5.74, 6) is -0.845. The normalized spacial score (nSPS) is 13.5. The van der Waals surface area contributed by atoms with Gasteiger partial charge in [-0.2, -0.15) is 0 Å². The Morgan fingerprint density at radius 1 is 1.57 bits per heavy atom. The van der Waals surface area contributed by atoms with Crippen molar-refractivity contribution in [3.63, 3.8) is 0 Å². The van der Waals surface area contributed by atoms with Gasteiger partial charge in [0.2, 0.25) is 0 Å². The molecule has 0 saturated carbocycles. The van der Waals surface area contributed by atoms with E-state index in [0.717, 1.165) is 12.5 Å². The number of carboxylic acids is 1. The molecule has 1 aromatic carbocycles.